The average Bonchev–Trinajstić information content (AvgIpc) is 1.78. The Morgan fingerprint density at radius 1 is 0.422 bits per heavy atom. The van der Waals surface area contributed by atoms with Crippen molar-refractivity contribution in [3.63, 3.8) is 0 Å². The summed E-state index contributed by atoms with van der Waals surface area (Å²) in [5, 5.41) is 0. The summed E-state index contributed by atoms with van der Waals surface area (Å²) in [6.45, 7) is 23.6. The molecule has 0 aromatic carbocycles. The third-order valence-electron chi connectivity index (χ3n) is 19.9. The van der Waals surface area contributed by atoms with Crippen molar-refractivity contribution in [2.24, 2.45) is 92.7 Å². The largest absolute Gasteiger partial charge is 0.469 e. The quantitative estimate of drug-likeness (QED) is 0.112. The summed E-state index contributed by atoms with van der Waals surface area (Å²) < 4.78 is 54.7. The van der Waals surface area contributed by atoms with Crippen molar-refractivity contribution in [2.45, 2.75) is 178 Å². The number of cyclic esters (lactones) is 4. The smallest absolute Gasteiger partial charge is 0.347 e. The molecule has 470 valence electrons. The molecule has 10 fully saturated rings. The van der Waals surface area contributed by atoms with Gasteiger partial charge in [-0.3, -0.25) is 33.6 Å². The van der Waals surface area contributed by atoms with Gasteiger partial charge in [-0.05, 0) is 150 Å². The molecule has 0 N–H and O–H groups in total. The average molecular weight is 1180 g/mol. The zero-order valence-corrected chi connectivity index (χ0v) is 52.0. The van der Waals surface area contributed by atoms with E-state index in [1.165, 1.54) is 52.7 Å². The molecule has 4 saturated heterocycles. The summed E-state index contributed by atoms with van der Waals surface area (Å²) in [5.41, 5.74) is -1.96. The van der Waals surface area contributed by atoms with Crippen LogP contribution in [0.1, 0.15) is 160 Å². The number of carbonyl (C=O) groups excluding carboxylic acids is 10. The Morgan fingerprint density at radius 3 is 1.24 bits per heavy atom. The molecule has 21 heteroatoms. The highest BCUT2D eigenvalue weighted by Crippen LogP contribution is 2.58. The van der Waals surface area contributed by atoms with Crippen LogP contribution in [0.3, 0.4) is 0 Å². The molecule has 0 aromatic heterocycles. The third-order valence-corrected chi connectivity index (χ3v) is 19.9. The Bertz CT molecular complexity index is 2270. The fourth-order valence-electron chi connectivity index (χ4n) is 12.9. The van der Waals surface area contributed by atoms with E-state index in [2.05, 4.69) is 14.2 Å². The molecule has 0 aromatic rings. The minimum absolute atomic E-state index is 0.0610. The van der Waals surface area contributed by atoms with Gasteiger partial charge in [0.15, 0.2) is 13.2 Å². The number of fused-ring (bicyclic) bond motifs is 15. The lowest BCUT2D eigenvalue weighted by Gasteiger charge is -2.36. The molecule has 0 spiro atoms. The fourth-order valence-corrected chi connectivity index (χ4v) is 12.9. The molecule has 0 radical (unpaired) electrons. The standard InChI is InChI=1S/C16H24O5.C12H18O6.C9H16O4.2C9H12O2.C7H14O2/c1-5-16(2,3)15(18)21-13-8-6-9(12(13)19-4)11-10(8)7-20-14(11)17;1-4-12(2,3)11(15)17-7-9(13)18-8-5-6-16-10(8)14;1-5-9(2,3)8(11)13-6-7(10)12-4;2*10-9-8-6-2-1-5(3-6)7(8)4-11-9;1-5-7(2,3)6(8)9-4/h8-13H,5-7H2,1-4H3;8H,4-7H2,1-3H3;5-6H2,1-4H3;2*5-8H,1-4H2;5H2,1-4H3. The topological polar surface area (TPSA) is 272 Å². The highest BCUT2D eigenvalue weighted by atomic mass is 16.6. The maximum absolute atomic E-state index is 12.4. The molecule has 83 heavy (non-hydrogen) atoms. The second-order valence-electron chi connectivity index (χ2n) is 26.4. The monoisotopic (exact) mass is 1180 g/mol. The Balaban J connectivity index is 0.000000187. The van der Waals surface area contributed by atoms with Gasteiger partial charge in [0.25, 0.3) is 0 Å². The minimum Gasteiger partial charge on any atom is -0.469 e. The van der Waals surface area contributed by atoms with Crippen molar-refractivity contribution in [1.29, 1.82) is 0 Å². The van der Waals surface area contributed by atoms with Gasteiger partial charge in [-0.1, -0.05) is 27.7 Å². The van der Waals surface area contributed by atoms with Crippen molar-refractivity contribution < 1.29 is 100 Å². The molecule has 6 saturated carbocycles. The Morgan fingerprint density at radius 2 is 0.843 bits per heavy atom. The molecule has 15 atom stereocenters. The second kappa shape index (κ2) is 29.2. The summed E-state index contributed by atoms with van der Waals surface area (Å²) in [4.78, 5) is 113. The van der Waals surface area contributed by atoms with Gasteiger partial charge in [0, 0.05) is 43.1 Å². The third kappa shape index (κ3) is 16.4. The summed E-state index contributed by atoms with van der Waals surface area (Å²) in [6.07, 6.45) is 10.7. The van der Waals surface area contributed by atoms with E-state index >= 15 is 0 Å². The summed E-state index contributed by atoms with van der Waals surface area (Å²) in [5.74, 6) is 2.47. The maximum atomic E-state index is 12.4. The van der Waals surface area contributed by atoms with Crippen LogP contribution in [0.25, 0.3) is 0 Å². The van der Waals surface area contributed by atoms with Crippen molar-refractivity contribution >= 4 is 59.7 Å². The lowest BCUT2D eigenvalue weighted by Crippen LogP contribution is -2.47. The van der Waals surface area contributed by atoms with Crippen molar-refractivity contribution in [3.8, 4) is 0 Å². The van der Waals surface area contributed by atoms with Crippen LogP contribution in [-0.4, -0.2) is 139 Å². The van der Waals surface area contributed by atoms with Crippen LogP contribution in [-0.2, 0) is 100 Å². The van der Waals surface area contributed by atoms with E-state index in [4.69, 9.17) is 37.9 Å². The molecule has 10 rings (SSSR count). The highest BCUT2D eigenvalue weighted by molar-refractivity contribution is 5.83. The Kier molecular flexibility index (Phi) is 24.1. The van der Waals surface area contributed by atoms with Crippen LogP contribution >= 0.6 is 0 Å². The van der Waals surface area contributed by atoms with Crippen LogP contribution in [0, 0.1) is 92.7 Å². The predicted molar refractivity (Wildman–Crippen MR) is 295 cm³/mol. The SMILES string of the molecule is CCC(C)(C)C(=O)OC.CCC(C)(C)C(=O)OC1C2CC(C1OC)C1C(=O)OCC21.CCC(C)(C)C(=O)OCC(=O)OC.CCC(C)(C)C(=O)OCC(=O)OC1CCOC1=O.O=C1OCC2C3CCC(C3)C12.O=C1OCC2C3CCC(C3)C12. The molecule has 6 bridgehead atoms. The van der Waals surface area contributed by atoms with Gasteiger partial charge in [0.1, 0.15) is 6.10 Å². The lowest BCUT2D eigenvalue weighted by molar-refractivity contribution is -0.174. The summed E-state index contributed by atoms with van der Waals surface area (Å²) >= 11 is 0. The first-order valence-corrected chi connectivity index (χ1v) is 30.1. The lowest BCUT2D eigenvalue weighted by atomic mass is 9.78. The molecule has 15 unspecified atom stereocenters. The van der Waals surface area contributed by atoms with E-state index in [9.17, 15) is 47.9 Å². The predicted octanol–water partition coefficient (Wildman–Crippen LogP) is 7.76. The van der Waals surface area contributed by atoms with Gasteiger partial charge in [-0.2, -0.15) is 0 Å². The Hall–Kier alpha value is -5.34. The van der Waals surface area contributed by atoms with Crippen LogP contribution in [0.4, 0.5) is 0 Å². The number of ether oxygens (including phenoxy) is 11. The van der Waals surface area contributed by atoms with Crippen molar-refractivity contribution in [3.05, 3.63) is 0 Å². The molecule has 4 aliphatic heterocycles. The van der Waals surface area contributed by atoms with Gasteiger partial charge < -0.3 is 52.1 Å². The molecular formula is C62H96O21. The van der Waals surface area contributed by atoms with Gasteiger partial charge >= 0.3 is 59.7 Å². The van der Waals surface area contributed by atoms with Gasteiger partial charge in [-0.15, -0.1) is 0 Å². The van der Waals surface area contributed by atoms with Crippen molar-refractivity contribution in [1.82, 2.24) is 0 Å². The van der Waals surface area contributed by atoms with E-state index in [1.807, 2.05) is 55.4 Å². The number of hydrogen-bond acceptors (Lipinski definition) is 21. The van der Waals surface area contributed by atoms with E-state index in [0.29, 0.717) is 61.4 Å². The number of methoxy groups -OCH3 is 3. The maximum Gasteiger partial charge on any atom is 0.347 e. The normalized spacial score (nSPS) is 31.5. The fraction of sp³-hybridized carbons (Fsp3) is 0.839. The van der Waals surface area contributed by atoms with Crippen LogP contribution in [0.2, 0.25) is 0 Å². The number of hydrogen-bond donors (Lipinski definition) is 0. The molecule has 6 aliphatic carbocycles. The molecule has 10 aliphatic rings. The van der Waals surface area contributed by atoms with Crippen LogP contribution in [0.5, 0.6) is 0 Å². The van der Waals surface area contributed by atoms with Gasteiger partial charge in [0.2, 0.25) is 6.10 Å². The van der Waals surface area contributed by atoms with E-state index in [1.54, 1.807) is 34.8 Å². The second-order valence-corrected chi connectivity index (χ2v) is 26.4. The van der Waals surface area contributed by atoms with Crippen LogP contribution in [0.15, 0.2) is 0 Å². The minimum atomic E-state index is -0.865. The van der Waals surface area contributed by atoms with E-state index in [-0.39, 0.29) is 90.3 Å². The number of carbonyl (C=O) groups is 10. The van der Waals surface area contributed by atoms with Crippen molar-refractivity contribution in [2.75, 3.05) is 61.0 Å². The number of esters is 10. The van der Waals surface area contributed by atoms with E-state index in [0.717, 1.165) is 44.3 Å². The van der Waals surface area contributed by atoms with Crippen LogP contribution < -0.4 is 0 Å². The zero-order valence-electron chi connectivity index (χ0n) is 52.0. The Labute approximate surface area is 490 Å². The van der Waals surface area contributed by atoms with Gasteiger partial charge in [0.05, 0.1) is 86.2 Å². The first kappa shape index (κ1) is 68.4. The number of rotatable bonds is 15. The van der Waals surface area contributed by atoms with Gasteiger partial charge in [-0.25, -0.2) is 14.4 Å². The first-order valence-electron chi connectivity index (χ1n) is 30.1. The molecule has 21 nitrogen and oxygen atoms in total. The van der Waals surface area contributed by atoms with E-state index < -0.39 is 52.8 Å². The molecule has 0 amide bonds. The first-order chi connectivity index (χ1) is 39.0. The molecule has 4 heterocycles. The summed E-state index contributed by atoms with van der Waals surface area (Å²) in [7, 11) is 4.30. The zero-order chi connectivity index (χ0) is 61.9. The molecular weight excluding hydrogens is 1080 g/mol. The highest BCUT2D eigenvalue weighted by Gasteiger charge is 2.65. The summed E-state index contributed by atoms with van der Waals surface area (Å²) in [6, 6.07) is 0.